The Kier molecular flexibility index (Phi) is 4.42. The molecule has 0 fully saturated rings. The van der Waals surface area contributed by atoms with Crippen LogP contribution < -0.4 is 19.0 Å². The molecule has 0 radical (unpaired) electrons. The van der Waals surface area contributed by atoms with E-state index >= 15 is 0 Å². The molecule has 0 saturated heterocycles. The van der Waals surface area contributed by atoms with E-state index in [-0.39, 0.29) is 20.9 Å². The average Bonchev–Trinajstić information content (AvgIpc) is 2.91. The maximum atomic E-state index is 12.2. The van der Waals surface area contributed by atoms with E-state index in [1.54, 1.807) is 14.2 Å². The van der Waals surface area contributed by atoms with Gasteiger partial charge in [0.05, 0.1) is 0 Å². The Balaban J connectivity index is 2.07. The van der Waals surface area contributed by atoms with Crippen molar-refractivity contribution in [3.05, 3.63) is 54.2 Å². The molecule has 0 aliphatic heterocycles. The van der Waals surface area contributed by atoms with E-state index < -0.39 is 0 Å². The van der Waals surface area contributed by atoms with Gasteiger partial charge in [-0.25, -0.2) is 0 Å². The first-order valence-corrected chi connectivity index (χ1v) is 8.97. The number of methoxy groups -OCH3 is 1. The van der Waals surface area contributed by atoms with Crippen molar-refractivity contribution in [2.45, 2.75) is 0 Å². The zero-order valence-corrected chi connectivity index (χ0v) is 15.0. The molecule has 3 aromatic rings. The Hall–Kier alpha value is -2.23. The van der Waals surface area contributed by atoms with Crippen LogP contribution in [0, 0.1) is 0 Å². The molecule has 5 heteroatoms. The fourth-order valence-electron chi connectivity index (χ4n) is 2.57. The third-order valence-electron chi connectivity index (χ3n) is 3.74. The summed E-state index contributed by atoms with van der Waals surface area (Å²) in [6, 6.07) is 14.0. The summed E-state index contributed by atoms with van der Waals surface area (Å²) in [5.41, 5.74) is 1.81. The molecule has 0 atom stereocenters. The van der Waals surface area contributed by atoms with Crippen LogP contribution in [0.15, 0.2) is 48.7 Å². The molecule has 2 aromatic carbocycles. The molecule has 3 rings (SSSR count). The first-order chi connectivity index (χ1) is 11.1. The third kappa shape index (κ3) is 2.98. The van der Waals surface area contributed by atoms with Crippen LogP contribution in [0.3, 0.4) is 0 Å². The molecule has 0 spiro atoms. The standard InChI is InChI=1S/C18H18N2O2Se/c1-19-18(21)14-5-4-6-15-17(14)16(11-20(15)2)23-13-9-7-12(22-3)8-10-13/h4-11H,1-3H3,(H,19,21). The number of nitrogens with one attached hydrogen (secondary N) is 1. The number of hydrogen-bond donors (Lipinski definition) is 1. The van der Waals surface area contributed by atoms with Gasteiger partial charge in [0, 0.05) is 0 Å². The summed E-state index contributed by atoms with van der Waals surface area (Å²) in [6.07, 6.45) is 2.13. The molecule has 23 heavy (non-hydrogen) atoms. The summed E-state index contributed by atoms with van der Waals surface area (Å²) in [7, 11) is 5.35. The third-order valence-corrected chi connectivity index (χ3v) is 5.92. The summed E-state index contributed by atoms with van der Waals surface area (Å²) < 4.78 is 9.75. The molecule has 0 saturated carbocycles. The summed E-state index contributed by atoms with van der Waals surface area (Å²) in [6.45, 7) is 0. The van der Waals surface area contributed by atoms with E-state index in [4.69, 9.17) is 4.74 Å². The topological polar surface area (TPSA) is 43.3 Å². The van der Waals surface area contributed by atoms with E-state index in [1.165, 1.54) is 8.92 Å². The molecule has 0 aliphatic rings. The fourth-order valence-corrected chi connectivity index (χ4v) is 4.79. The zero-order chi connectivity index (χ0) is 16.4. The van der Waals surface area contributed by atoms with Crippen LogP contribution in [0.4, 0.5) is 0 Å². The molecule has 0 unspecified atom stereocenters. The van der Waals surface area contributed by atoms with Crippen LogP contribution in [-0.4, -0.2) is 39.6 Å². The second-order valence-corrected chi connectivity index (χ2v) is 7.50. The number of nitrogens with zero attached hydrogens (tertiary/aromatic N) is 1. The number of carbonyl (C=O) groups excluding carboxylic acids is 1. The molecular formula is C18H18N2O2Se. The van der Waals surface area contributed by atoms with Gasteiger partial charge in [-0.05, 0) is 0 Å². The summed E-state index contributed by atoms with van der Waals surface area (Å²) in [5, 5.41) is 3.78. The molecule has 1 aromatic heterocycles. The average molecular weight is 373 g/mol. The summed E-state index contributed by atoms with van der Waals surface area (Å²) in [4.78, 5) is 12.2. The quantitative estimate of drug-likeness (QED) is 0.699. The van der Waals surface area contributed by atoms with Crippen molar-refractivity contribution in [1.29, 1.82) is 0 Å². The Morgan fingerprint density at radius 2 is 1.91 bits per heavy atom. The summed E-state index contributed by atoms with van der Waals surface area (Å²) >= 11 is 0.121. The number of fused-ring (bicyclic) bond motifs is 1. The second kappa shape index (κ2) is 6.49. The van der Waals surface area contributed by atoms with Crippen LogP contribution in [-0.2, 0) is 7.05 Å². The van der Waals surface area contributed by atoms with Crippen LogP contribution in [0.1, 0.15) is 10.4 Å². The van der Waals surface area contributed by atoms with Crippen LogP contribution >= 0.6 is 0 Å². The van der Waals surface area contributed by atoms with E-state index in [0.717, 1.165) is 22.2 Å². The van der Waals surface area contributed by atoms with E-state index in [1.807, 2.05) is 31.3 Å². The number of aryl methyl sites for hydroxylation is 1. The fraction of sp³-hybridized carbons (Fsp3) is 0.167. The van der Waals surface area contributed by atoms with Crippen molar-refractivity contribution in [3.63, 3.8) is 0 Å². The second-order valence-electron chi connectivity index (χ2n) is 5.16. The molecule has 1 N–H and O–H groups in total. The minimum absolute atomic E-state index is 0.0476. The Bertz CT molecular complexity index is 853. The molecule has 1 heterocycles. The minimum atomic E-state index is -0.0476. The predicted octanol–water partition coefficient (Wildman–Crippen LogP) is 1.20. The van der Waals surface area contributed by atoms with E-state index in [9.17, 15) is 4.79 Å². The molecule has 118 valence electrons. The number of rotatable bonds is 4. The van der Waals surface area contributed by atoms with Crippen molar-refractivity contribution in [1.82, 2.24) is 9.88 Å². The van der Waals surface area contributed by atoms with Gasteiger partial charge < -0.3 is 0 Å². The summed E-state index contributed by atoms with van der Waals surface area (Å²) in [5.74, 6) is 0.808. The van der Waals surface area contributed by atoms with Crippen molar-refractivity contribution in [2.75, 3.05) is 14.2 Å². The molecule has 4 nitrogen and oxygen atoms in total. The van der Waals surface area contributed by atoms with Gasteiger partial charge in [0.15, 0.2) is 0 Å². The number of ether oxygens (including phenoxy) is 1. The van der Waals surface area contributed by atoms with E-state index in [2.05, 4.69) is 34.3 Å². The monoisotopic (exact) mass is 374 g/mol. The van der Waals surface area contributed by atoms with Crippen molar-refractivity contribution in [2.24, 2.45) is 7.05 Å². The van der Waals surface area contributed by atoms with E-state index in [0.29, 0.717) is 0 Å². The van der Waals surface area contributed by atoms with Gasteiger partial charge in [-0.2, -0.15) is 0 Å². The van der Waals surface area contributed by atoms with Gasteiger partial charge in [-0.1, -0.05) is 0 Å². The Morgan fingerprint density at radius 3 is 2.57 bits per heavy atom. The number of hydrogen-bond acceptors (Lipinski definition) is 2. The first kappa shape index (κ1) is 15.7. The Labute approximate surface area is 141 Å². The van der Waals surface area contributed by atoms with Gasteiger partial charge in [-0.3, -0.25) is 0 Å². The number of benzene rings is 2. The molecular weight excluding hydrogens is 355 g/mol. The first-order valence-electron chi connectivity index (χ1n) is 7.26. The maximum absolute atomic E-state index is 12.2. The van der Waals surface area contributed by atoms with Crippen LogP contribution in [0.2, 0.25) is 0 Å². The number of amides is 1. The molecule has 1 amide bonds. The van der Waals surface area contributed by atoms with Gasteiger partial charge in [0.25, 0.3) is 0 Å². The van der Waals surface area contributed by atoms with Gasteiger partial charge >= 0.3 is 141 Å². The molecule has 0 aliphatic carbocycles. The zero-order valence-electron chi connectivity index (χ0n) is 13.3. The van der Waals surface area contributed by atoms with Crippen molar-refractivity contribution >= 4 is 40.7 Å². The number of aromatic nitrogens is 1. The van der Waals surface area contributed by atoms with Gasteiger partial charge in [-0.15, -0.1) is 0 Å². The molecule has 0 bridgehead atoms. The van der Waals surface area contributed by atoms with Gasteiger partial charge in [0.2, 0.25) is 0 Å². The van der Waals surface area contributed by atoms with Crippen molar-refractivity contribution < 1.29 is 9.53 Å². The normalized spacial score (nSPS) is 10.7. The number of carbonyl (C=O) groups is 1. The van der Waals surface area contributed by atoms with Gasteiger partial charge in [0.1, 0.15) is 0 Å². The van der Waals surface area contributed by atoms with Crippen molar-refractivity contribution in [3.8, 4) is 5.75 Å². The SMILES string of the molecule is CNC(=O)c1cccc2c1c([Se]c1ccc(OC)cc1)cn2C. The predicted molar refractivity (Wildman–Crippen MR) is 94.3 cm³/mol. The van der Waals surface area contributed by atoms with Crippen LogP contribution in [0.25, 0.3) is 10.9 Å². The Morgan fingerprint density at radius 1 is 1.17 bits per heavy atom. The van der Waals surface area contributed by atoms with Crippen LogP contribution in [0.5, 0.6) is 5.75 Å².